The van der Waals surface area contributed by atoms with Crippen molar-refractivity contribution in [2.24, 2.45) is 0 Å². The molecular formula is C25H19N3O3S. The minimum Gasteiger partial charge on any atom is -0.493 e. The summed E-state index contributed by atoms with van der Waals surface area (Å²) in [6.07, 6.45) is 1.70. The molecule has 0 saturated carbocycles. The van der Waals surface area contributed by atoms with Crippen LogP contribution in [0.15, 0.2) is 77.8 Å². The minimum atomic E-state index is -0.260. The van der Waals surface area contributed by atoms with Gasteiger partial charge >= 0.3 is 0 Å². The van der Waals surface area contributed by atoms with E-state index in [1.54, 1.807) is 29.9 Å². The summed E-state index contributed by atoms with van der Waals surface area (Å²) in [6, 6.07) is 18.0. The van der Waals surface area contributed by atoms with Gasteiger partial charge in [-0.2, -0.15) is 0 Å². The lowest BCUT2D eigenvalue weighted by Gasteiger charge is -2.12. The van der Waals surface area contributed by atoms with Crippen LogP contribution in [0.4, 0.5) is 5.69 Å². The first-order valence-electron chi connectivity index (χ1n) is 9.73. The Balaban J connectivity index is 1.45. The molecule has 0 fully saturated rings. The number of nitrogens with one attached hydrogen (secondary N) is 1. The summed E-state index contributed by atoms with van der Waals surface area (Å²) in [4.78, 5) is 21.1. The summed E-state index contributed by atoms with van der Waals surface area (Å²) in [5.74, 6) is 6.83. The number of anilines is 1. The quantitative estimate of drug-likeness (QED) is 0.436. The molecule has 2 aromatic heterocycles. The maximum atomic E-state index is 12.8. The van der Waals surface area contributed by atoms with Crippen LogP contribution in [0.25, 0.3) is 0 Å². The normalized spacial score (nSPS) is 10.0. The van der Waals surface area contributed by atoms with Crippen molar-refractivity contribution in [3.8, 4) is 23.3 Å². The number of ether oxygens (including phenoxy) is 2. The second-order valence-electron chi connectivity index (χ2n) is 6.63. The molecule has 0 radical (unpaired) electrons. The van der Waals surface area contributed by atoms with Gasteiger partial charge in [0.05, 0.1) is 18.3 Å². The highest BCUT2D eigenvalue weighted by molar-refractivity contribution is 7.07. The second kappa shape index (κ2) is 10.2. The van der Waals surface area contributed by atoms with Crippen LogP contribution in [-0.4, -0.2) is 23.0 Å². The van der Waals surface area contributed by atoms with Gasteiger partial charge in [0.15, 0.2) is 11.5 Å². The smallest absolute Gasteiger partial charge is 0.255 e. The average Bonchev–Trinajstić information content (AvgIpc) is 3.36. The zero-order valence-corrected chi connectivity index (χ0v) is 18.1. The molecule has 0 aliphatic rings. The topological polar surface area (TPSA) is 73.3 Å². The number of pyridine rings is 1. The number of methoxy groups -OCH3 is 1. The molecular weight excluding hydrogens is 422 g/mol. The standard InChI is InChI=1S/C25H19N3O3S/c1-30-24-14-19(9-11-23(24)31-15-22-16-32-17-27-22)25(29)28-21-7-4-5-18(13-21)8-10-20-6-2-3-12-26-20/h2-7,9,11-14,16-17H,15H2,1H3,(H,28,29). The Morgan fingerprint density at radius 2 is 1.97 bits per heavy atom. The molecule has 32 heavy (non-hydrogen) atoms. The molecule has 7 heteroatoms. The van der Waals surface area contributed by atoms with Gasteiger partial charge in [-0.1, -0.05) is 18.1 Å². The van der Waals surface area contributed by atoms with Crippen molar-refractivity contribution < 1.29 is 14.3 Å². The second-order valence-corrected chi connectivity index (χ2v) is 7.35. The number of carbonyl (C=O) groups is 1. The van der Waals surface area contributed by atoms with Crippen molar-refractivity contribution in [2.75, 3.05) is 12.4 Å². The number of amides is 1. The molecule has 6 nitrogen and oxygen atoms in total. The van der Waals surface area contributed by atoms with Crippen LogP contribution in [-0.2, 0) is 6.61 Å². The minimum absolute atomic E-state index is 0.260. The summed E-state index contributed by atoms with van der Waals surface area (Å²) in [6.45, 7) is 0.331. The highest BCUT2D eigenvalue weighted by Crippen LogP contribution is 2.29. The summed E-state index contributed by atoms with van der Waals surface area (Å²) in [7, 11) is 1.54. The van der Waals surface area contributed by atoms with Crippen molar-refractivity contribution in [3.05, 3.63) is 100 Å². The third-order valence-electron chi connectivity index (χ3n) is 4.41. The Morgan fingerprint density at radius 1 is 1.03 bits per heavy atom. The fourth-order valence-electron chi connectivity index (χ4n) is 2.84. The maximum absolute atomic E-state index is 12.8. The van der Waals surface area contributed by atoms with E-state index in [2.05, 4.69) is 27.1 Å². The van der Waals surface area contributed by atoms with E-state index in [4.69, 9.17) is 9.47 Å². The number of nitrogens with zero attached hydrogens (tertiary/aromatic N) is 2. The first-order chi connectivity index (χ1) is 15.7. The Labute approximate surface area is 189 Å². The van der Waals surface area contributed by atoms with Crippen LogP contribution in [0.5, 0.6) is 11.5 Å². The first-order valence-corrected chi connectivity index (χ1v) is 10.7. The van der Waals surface area contributed by atoms with Crippen LogP contribution in [0.1, 0.15) is 27.3 Å². The Bertz CT molecular complexity index is 1260. The van der Waals surface area contributed by atoms with Gasteiger partial charge in [-0.3, -0.25) is 4.79 Å². The molecule has 0 spiro atoms. The van der Waals surface area contributed by atoms with Gasteiger partial charge in [0.25, 0.3) is 5.91 Å². The number of rotatable bonds is 6. The SMILES string of the molecule is COc1cc(C(=O)Nc2cccc(C#Cc3ccccn3)c2)ccc1OCc1cscn1. The Hall–Kier alpha value is -4.15. The van der Waals surface area contributed by atoms with Gasteiger partial charge in [-0.25, -0.2) is 9.97 Å². The van der Waals surface area contributed by atoms with E-state index in [1.165, 1.54) is 18.4 Å². The van der Waals surface area contributed by atoms with Gasteiger partial charge in [0.1, 0.15) is 12.3 Å². The molecule has 0 bridgehead atoms. The molecule has 2 aromatic carbocycles. The lowest BCUT2D eigenvalue weighted by molar-refractivity contribution is 0.102. The number of aromatic nitrogens is 2. The van der Waals surface area contributed by atoms with E-state index in [9.17, 15) is 4.79 Å². The zero-order chi connectivity index (χ0) is 22.2. The molecule has 4 aromatic rings. The molecule has 4 rings (SSSR count). The fraction of sp³-hybridized carbons (Fsp3) is 0.0800. The van der Waals surface area contributed by atoms with Crippen molar-refractivity contribution in [3.63, 3.8) is 0 Å². The molecule has 0 aliphatic carbocycles. The van der Waals surface area contributed by atoms with Crippen LogP contribution in [0.2, 0.25) is 0 Å². The van der Waals surface area contributed by atoms with E-state index >= 15 is 0 Å². The zero-order valence-electron chi connectivity index (χ0n) is 17.2. The van der Waals surface area contributed by atoms with E-state index in [1.807, 2.05) is 47.8 Å². The highest BCUT2D eigenvalue weighted by Gasteiger charge is 2.12. The van der Waals surface area contributed by atoms with E-state index in [-0.39, 0.29) is 5.91 Å². The van der Waals surface area contributed by atoms with Gasteiger partial charge in [0, 0.05) is 28.4 Å². The molecule has 0 atom stereocenters. The van der Waals surface area contributed by atoms with Crippen molar-refractivity contribution in [1.82, 2.24) is 9.97 Å². The lowest BCUT2D eigenvalue weighted by Crippen LogP contribution is -2.12. The third kappa shape index (κ3) is 5.50. The molecule has 0 unspecified atom stereocenters. The molecule has 0 saturated heterocycles. The summed E-state index contributed by atoms with van der Waals surface area (Å²) >= 11 is 1.51. The number of benzene rings is 2. The lowest BCUT2D eigenvalue weighted by atomic mass is 10.1. The van der Waals surface area contributed by atoms with Gasteiger partial charge in [0.2, 0.25) is 0 Å². The average molecular weight is 442 g/mol. The van der Waals surface area contributed by atoms with Crippen molar-refractivity contribution >= 4 is 22.9 Å². The Morgan fingerprint density at radius 3 is 2.75 bits per heavy atom. The van der Waals surface area contributed by atoms with Crippen LogP contribution in [0, 0.1) is 11.8 Å². The molecule has 0 aliphatic heterocycles. The first kappa shape index (κ1) is 21.1. The molecule has 1 N–H and O–H groups in total. The van der Waals surface area contributed by atoms with Crippen LogP contribution in [0.3, 0.4) is 0 Å². The molecule has 158 valence electrons. The van der Waals surface area contributed by atoms with Gasteiger partial charge < -0.3 is 14.8 Å². The summed E-state index contributed by atoms with van der Waals surface area (Å²) in [5, 5.41) is 4.81. The molecule has 1 amide bonds. The number of hydrogen-bond acceptors (Lipinski definition) is 6. The van der Waals surface area contributed by atoms with E-state index in [0.717, 1.165) is 11.3 Å². The van der Waals surface area contributed by atoms with Gasteiger partial charge in [-0.15, -0.1) is 11.3 Å². The predicted molar refractivity (Wildman–Crippen MR) is 124 cm³/mol. The number of thiazole rings is 1. The Kier molecular flexibility index (Phi) is 6.75. The largest absolute Gasteiger partial charge is 0.493 e. The van der Waals surface area contributed by atoms with Crippen LogP contribution >= 0.6 is 11.3 Å². The monoisotopic (exact) mass is 441 g/mol. The summed E-state index contributed by atoms with van der Waals surface area (Å²) in [5.41, 5.74) is 5.15. The number of hydrogen-bond donors (Lipinski definition) is 1. The van der Waals surface area contributed by atoms with Crippen LogP contribution < -0.4 is 14.8 Å². The van der Waals surface area contributed by atoms with Crippen molar-refractivity contribution in [1.29, 1.82) is 0 Å². The predicted octanol–water partition coefficient (Wildman–Crippen LogP) is 4.78. The van der Waals surface area contributed by atoms with Crippen molar-refractivity contribution in [2.45, 2.75) is 6.61 Å². The third-order valence-corrected chi connectivity index (χ3v) is 5.04. The van der Waals surface area contributed by atoms with Gasteiger partial charge in [-0.05, 0) is 54.5 Å². The maximum Gasteiger partial charge on any atom is 0.255 e. The summed E-state index contributed by atoms with van der Waals surface area (Å²) < 4.78 is 11.2. The number of carbonyl (C=O) groups excluding carboxylic acids is 1. The van der Waals surface area contributed by atoms with E-state index in [0.29, 0.717) is 35.1 Å². The highest BCUT2D eigenvalue weighted by atomic mass is 32.1. The van der Waals surface area contributed by atoms with E-state index < -0.39 is 0 Å². The fourth-order valence-corrected chi connectivity index (χ4v) is 3.38. The molecule has 2 heterocycles.